The number of carbonyl (C=O) groups is 1. The average molecular weight is 413 g/mol. The van der Waals surface area contributed by atoms with Gasteiger partial charge in [0.05, 0.1) is 26.1 Å². The molecule has 0 unspecified atom stereocenters. The predicted octanol–water partition coefficient (Wildman–Crippen LogP) is 2.06. The molecule has 128 valence electrons. The fourth-order valence-electron chi connectivity index (χ4n) is 2.94. The molecule has 0 aliphatic carbocycles. The Morgan fingerprint density at radius 1 is 1.50 bits per heavy atom. The van der Waals surface area contributed by atoms with Gasteiger partial charge in [-0.25, -0.2) is 0 Å². The second-order valence-electron chi connectivity index (χ2n) is 5.89. The van der Waals surface area contributed by atoms with E-state index in [1.54, 1.807) is 4.68 Å². The van der Waals surface area contributed by atoms with Crippen molar-refractivity contribution >= 4 is 34.1 Å². The van der Waals surface area contributed by atoms with E-state index >= 15 is 0 Å². The number of halogens is 1. The van der Waals surface area contributed by atoms with E-state index in [4.69, 9.17) is 21.4 Å². The van der Waals surface area contributed by atoms with Crippen LogP contribution in [0.2, 0.25) is 0 Å². The molecule has 1 aliphatic rings. The number of rotatable bonds is 4. The molecule has 0 saturated carbocycles. The Balaban J connectivity index is 1.67. The highest BCUT2D eigenvalue weighted by atomic mass is 79.9. The molecule has 2 heterocycles. The number of likely N-dealkylation sites (tertiary alicyclic amines) is 1. The molecule has 6 nitrogen and oxygen atoms in total. The van der Waals surface area contributed by atoms with Crippen molar-refractivity contribution in [3.63, 3.8) is 0 Å². The van der Waals surface area contributed by atoms with Crippen LogP contribution in [0.4, 0.5) is 0 Å². The molecule has 1 aliphatic heterocycles. The molecule has 0 radical (unpaired) electrons. The maximum absolute atomic E-state index is 11.6. The lowest BCUT2D eigenvalue weighted by atomic mass is 9.97. The van der Waals surface area contributed by atoms with Crippen molar-refractivity contribution in [1.82, 2.24) is 9.78 Å². The lowest BCUT2D eigenvalue weighted by molar-refractivity contribution is -0.929. The number of esters is 1. The maximum Gasteiger partial charge on any atom is 0.309 e. The Bertz CT molecular complexity index is 781. The number of hydrogen-bond donors (Lipinski definition) is 1. The molecule has 0 atom stereocenters. The van der Waals surface area contributed by atoms with E-state index in [2.05, 4.69) is 21.0 Å². The summed E-state index contributed by atoms with van der Waals surface area (Å²) in [7, 11) is 1.44. The van der Waals surface area contributed by atoms with E-state index in [1.807, 2.05) is 24.3 Å². The number of nitrogens with one attached hydrogen (secondary N) is 1. The van der Waals surface area contributed by atoms with Crippen LogP contribution in [0.3, 0.4) is 0 Å². The first-order valence-electron chi connectivity index (χ1n) is 7.82. The summed E-state index contributed by atoms with van der Waals surface area (Å²) in [5.41, 5.74) is 0.883. The van der Waals surface area contributed by atoms with E-state index < -0.39 is 0 Å². The Labute approximate surface area is 153 Å². The Hall–Kier alpha value is -1.51. The number of ether oxygens (including phenoxy) is 1. The number of piperidine rings is 1. The second kappa shape index (κ2) is 7.58. The number of quaternary nitrogens is 1. The molecule has 1 aromatic heterocycles. The van der Waals surface area contributed by atoms with Crippen molar-refractivity contribution in [2.45, 2.75) is 19.5 Å². The van der Waals surface area contributed by atoms with Gasteiger partial charge in [0.25, 0.3) is 4.84 Å². The minimum atomic E-state index is -0.107. The summed E-state index contributed by atoms with van der Waals surface area (Å²) in [6, 6.07) is 7.76. The molecule has 0 amide bonds. The molecule has 3 rings (SSSR count). The molecule has 1 saturated heterocycles. The number of aromatic nitrogens is 2. The van der Waals surface area contributed by atoms with Gasteiger partial charge in [0.1, 0.15) is 0 Å². The third-order valence-corrected chi connectivity index (χ3v) is 5.07. The fourth-order valence-corrected chi connectivity index (χ4v) is 3.53. The molecule has 1 N–H and O–H groups in total. The molecule has 2 aromatic rings. The highest BCUT2D eigenvalue weighted by Gasteiger charge is 2.28. The zero-order valence-electron chi connectivity index (χ0n) is 13.3. The van der Waals surface area contributed by atoms with Crippen LogP contribution in [0.5, 0.6) is 0 Å². The largest absolute Gasteiger partial charge is 0.469 e. The number of hydrogen-bond acceptors (Lipinski definition) is 5. The Morgan fingerprint density at radius 3 is 2.92 bits per heavy atom. The number of methoxy groups -OCH3 is 1. The van der Waals surface area contributed by atoms with Gasteiger partial charge < -0.3 is 14.1 Å². The zero-order valence-corrected chi connectivity index (χ0v) is 15.7. The Kier molecular flexibility index (Phi) is 5.47. The van der Waals surface area contributed by atoms with E-state index in [0.29, 0.717) is 17.4 Å². The normalized spacial score (nSPS) is 20.8. The van der Waals surface area contributed by atoms with Crippen molar-refractivity contribution in [2.24, 2.45) is 5.92 Å². The molecule has 8 heteroatoms. The first-order valence-corrected chi connectivity index (χ1v) is 9.02. The summed E-state index contributed by atoms with van der Waals surface area (Å²) in [6.45, 7) is 2.42. The smallest absolute Gasteiger partial charge is 0.309 e. The number of carbonyl (C=O) groups excluding carboxylic acids is 1. The van der Waals surface area contributed by atoms with Crippen molar-refractivity contribution < 1.29 is 18.8 Å². The summed E-state index contributed by atoms with van der Waals surface area (Å²) in [5.74, 6) is 0.426. The molecule has 1 aromatic carbocycles. The lowest BCUT2D eigenvalue weighted by Crippen LogP contribution is -3.12. The number of benzene rings is 1. The summed E-state index contributed by atoms with van der Waals surface area (Å²) < 4.78 is 13.1. The molecular formula is C16H19BrN3O3S+. The molecule has 24 heavy (non-hydrogen) atoms. The third-order valence-electron chi connectivity index (χ3n) is 4.28. The quantitative estimate of drug-likeness (QED) is 0.614. The maximum atomic E-state index is 11.6. The highest BCUT2D eigenvalue weighted by Crippen LogP contribution is 2.21. The van der Waals surface area contributed by atoms with Crippen LogP contribution in [-0.2, 0) is 16.2 Å². The summed E-state index contributed by atoms with van der Waals surface area (Å²) >= 11 is 8.74. The first kappa shape index (κ1) is 17.3. The lowest BCUT2D eigenvalue weighted by Gasteiger charge is -2.27. The van der Waals surface area contributed by atoms with Gasteiger partial charge in [-0.2, -0.15) is 4.68 Å². The topological polar surface area (TPSA) is 61.7 Å². The first-order chi connectivity index (χ1) is 11.6. The summed E-state index contributed by atoms with van der Waals surface area (Å²) in [5, 5.41) is 4.50. The summed E-state index contributed by atoms with van der Waals surface area (Å²) in [4.78, 5) is 13.3. The van der Waals surface area contributed by atoms with Gasteiger partial charge in [-0.1, -0.05) is 22.0 Å². The van der Waals surface area contributed by atoms with Gasteiger partial charge in [0.15, 0.2) is 6.67 Å². The van der Waals surface area contributed by atoms with Crippen LogP contribution in [0.15, 0.2) is 33.2 Å². The van der Waals surface area contributed by atoms with Crippen LogP contribution in [0.25, 0.3) is 11.5 Å². The fraction of sp³-hybridized carbons (Fsp3) is 0.438. The monoisotopic (exact) mass is 412 g/mol. The van der Waals surface area contributed by atoms with Crippen molar-refractivity contribution in [3.05, 3.63) is 33.6 Å². The molecule has 0 bridgehead atoms. The van der Waals surface area contributed by atoms with Crippen molar-refractivity contribution in [2.75, 3.05) is 20.2 Å². The summed E-state index contributed by atoms with van der Waals surface area (Å²) in [6.07, 6.45) is 1.65. The van der Waals surface area contributed by atoms with Gasteiger partial charge in [-0.05, 0) is 30.4 Å². The van der Waals surface area contributed by atoms with Gasteiger partial charge in [-0.3, -0.25) is 4.79 Å². The predicted molar refractivity (Wildman–Crippen MR) is 93.9 cm³/mol. The van der Waals surface area contributed by atoms with Crippen LogP contribution >= 0.6 is 28.1 Å². The van der Waals surface area contributed by atoms with Gasteiger partial charge >= 0.3 is 5.97 Å². The van der Waals surface area contributed by atoms with Crippen LogP contribution in [0, 0.1) is 10.8 Å². The third kappa shape index (κ3) is 3.93. The van der Waals surface area contributed by atoms with Crippen LogP contribution < -0.4 is 4.90 Å². The zero-order chi connectivity index (χ0) is 17.1. The van der Waals surface area contributed by atoms with E-state index in [0.717, 1.165) is 36.0 Å². The minimum Gasteiger partial charge on any atom is -0.469 e. The minimum absolute atomic E-state index is 0.0151. The van der Waals surface area contributed by atoms with Crippen molar-refractivity contribution in [3.8, 4) is 11.5 Å². The standard InChI is InChI=1S/C16H18BrN3O3S/c1-22-15(21)11-5-7-19(8-6-11)10-20-16(24)23-14(18-20)12-3-2-4-13(17)9-12/h2-4,9,11H,5-8,10H2,1H3/p+1. The average Bonchev–Trinajstić information content (AvgIpc) is 2.96. The van der Waals surface area contributed by atoms with Crippen molar-refractivity contribution in [1.29, 1.82) is 0 Å². The van der Waals surface area contributed by atoms with Crippen LogP contribution in [0.1, 0.15) is 12.8 Å². The van der Waals surface area contributed by atoms with E-state index in [-0.39, 0.29) is 11.9 Å². The van der Waals surface area contributed by atoms with E-state index in [1.165, 1.54) is 12.0 Å². The van der Waals surface area contributed by atoms with Gasteiger partial charge in [0, 0.05) is 22.9 Å². The SMILES string of the molecule is COC(=O)C1CC[NH+](Cn2nc(-c3cccc(Br)c3)oc2=S)CC1. The van der Waals surface area contributed by atoms with E-state index in [9.17, 15) is 4.79 Å². The molecule has 0 spiro atoms. The van der Waals surface area contributed by atoms with Gasteiger partial charge in [-0.15, -0.1) is 5.10 Å². The second-order valence-corrected chi connectivity index (χ2v) is 7.15. The highest BCUT2D eigenvalue weighted by molar-refractivity contribution is 9.10. The molecular weight excluding hydrogens is 394 g/mol. The Morgan fingerprint density at radius 2 is 2.25 bits per heavy atom. The number of nitrogens with zero attached hydrogens (tertiary/aromatic N) is 2. The van der Waals surface area contributed by atoms with Crippen LogP contribution in [-0.4, -0.2) is 35.9 Å². The van der Waals surface area contributed by atoms with Gasteiger partial charge in [0.2, 0.25) is 5.89 Å². The molecule has 1 fully saturated rings.